The van der Waals surface area contributed by atoms with Gasteiger partial charge in [0, 0.05) is 6.04 Å². The van der Waals surface area contributed by atoms with E-state index >= 15 is 0 Å². The smallest absolute Gasteiger partial charge is 0.407 e. The molecule has 1 amide bonds. The van der Waals surface area contributed by atoms with Crippen molar-refractivity contribution >= 4 is 6.09 Å². The van der Waals surface area contributed by atoms with Gasteiger partial charge in [0.2, 0.25) is 0 Å². The molecular weight excluding hydrogens is 254 g/mol. The Balaban J connectivity index is 3.78. The van der Waals surface area contributed by atoms with Gasteiger partial charge in [-0.25, -0.2) is 4.79 Å². The van der Waals surface area contributed by atoms with Crippen LogP contribution in [0.25, 0.3) is 0 Å². The second kappa shape index (κ2) is 9.19. The first-order valence-corrected chi connectivity index (χ1v) is 7.56. The van der Waals surface area contributed by atoms with E-state index in [9.17, 15) is 4.79 Å². The van der Waals surface area contributed by atoms with Gasteiger partial charge in [-0.3, -0.25) is 0 Å². The largest absolute Gasteiger partial charge is 0.444 e. The van der Waals surface area contributed by atoms with Crippen molar-refractivity contribution in [1.29, 1.82) is 0 Å². The molecule has 0 aliphatic rings. The lowest BCUT2D eigenvalue weighted by atomic mass is 9.96. The molecule has 120 valence electrons. The van der Waals surface area contributed by atoms with Crippen molar-refractivity contribution in [3.05, 3.63) is 0 Å². The third-order valence-electron chi connectivity index (χ3n) is 3.17. The van der Waals surface area contributed by atoms with E-state index < -0.39 is 5.60 Å². The van der Waals surface area contributed by atoms with Crippen LogP contribution in [0.2, 0.25) is 0 Å². The molecular formula is C15H33N3O2. The van der Waals surface area contributed by atoms with Crippen LogP contribution >= 0.6 is 0 Å². The summed E-state index contributed by atoms with van der Waals surface area (Å²) in [5.41, 5.74) is 5.28. The molecule has 0 aromatic rings. The van der Waals surface area contributed by atoms with E-state index in [1.807, 2.05) is 27.7 Å². The van der Waals surface area contributed by atoms with Crippen LogP contribution in [0.15, 0.2) is 0 Å². The molecule has 0 aliphatic carbocycles. The van der Waals surface area contributed by atoms with Gasteiger partial charge in [-0.15, -0.1) is 0 Å². The maximum atomic E-state index is 11.6. The summed E-state index contributed by atoms with van der Waals surface area (Å²) in [5, 5.41) is 6.23. The van der Waals surface area contributed by atoms with Gasteiger partial charge in [0.15, 0.2) is 0 Å². The number of nitrogens with one attached hydrogen (secondary N) is 2. The molecule has 2 atom stereocenters. The molecule has 0 bridgehead atoms. The molecule has 5 nitrogen and oxygen atoms in total. The highest BCUT2D eigenvalue weighted by atomic mass is 16.6. The summed E-state index contributed by atoms with van der Waals surface area (Å²) in [6.45, 7) is 14.4. The van der Waals surface area contributed by atoms with Crippen LogP contribution in [0.1, 0.15) is 48.0 Å². The van der Waals surface area contributed by atoms with E-state index in [4.69, 9.17) is 10.5 Å². The fourth-order valence-corrected chi connectivity index (χ4v) is 1.78. The second-order valence-corrected chi connectivity index (χ2v) is 6.78. The van der Waals surface area contributed by atoms with Gasteiger partial charge in [-0.1, -0.05) is 13.8 Å². The summed E-state index contributed by atoms with van der Waals surface area (Å²) in [6, 6.07) is 0.0905. The lowest BCUT2D eigenvalue weighted by molar-refractivity contribution is 0.0506. The Labute approximate surface area is 124 Å². The van der Waals surface area contributed by atoms with Gasteiger partial charge in [-0.2, -0.15) is 0 Å². The lowest BCUT2D eigenvalue weighted by Gasteiger charge is -2.22. The first-order valence-electron chi connectivity index (χ1n) is 7.56. The predicted molar refractivity (Wildman–Crippen MR) is 83.7 cm³/mol. The first kappa shape index (κ1) is 19.2. The van der Waals surface area contributed by atoms with Crippen LogP contribution in [0, 0.1) is 11.8 Å². The van der Waals surface area contributed by atoms with Crippen molar-refractivity contribution in [1.82, 2.24) is 10.6 Å². The zero-order valence-corrected chi connectivity index (χ0v) is 14.0. The first-order chi connectivity index (χ1) is 9.15. The molecule has 0 rings (SSSR count). The Kier molecular flexibility index (Phi) is 8.81. The third-order valence-corrected chi connectivity index (χ3v) is 3.17. The highest BCUT2D eigenvalue weighted by molar-refractivity contribution is 5.67. The van der Waals surface area contributed by atoms with Gasteiger partial charge in [0.1, 0.15) is 5.60 Å². The van der Waals surface area contributed by atoms with Gasteiger partial charge in [0.25, 0.3) is 0 Å². The summed E-state index contributed by atoms with van der Waals surface area (Å²) in [6.07, 6.45) is 0.515. The molecule has 4 N–H and O–H groups in total. The standard InChI is InChI=1S/C15H33N3O2/c1-11(2)13(9-16)10-17-8-7-12(3)18-14(19)20-15(4,5)6/h11-13,17H,7-10,16H2,1-6H3,(H,18,19). The van der Waals surface area contributed by atoms with Crippen LogP contribution in [-0.4, -0.2) is 37.4 Å². The molecule has 0 saturated carbocycles. The maximum Gasteiger partial charge on any atom is 0.407 e. The van der Waals surface area contributed by atoms with E-state index in [0.29, 0.717) is 18.4 Å². The number of alkyl carbamates (subject to hydrolysis) is 1. The lowest BCUT2D eigenvalue weighted by Crippen LogP contribution is -2.39. The molecule has 0 aromatic carbocycles. The van der Waals surface area contributed by atoms with Gasteiger partial charge in [0.05, 0.1) is 0 Å². The fraction of sp³-hybridized carbons (Fsp3) is 0.933. The summed E-state index contributed by atoms with van der Waals surface area (Å²) in [4.78, 5) is 11.6. The molecule has 0 fully saturated rings. The van der Waals surface area contributed by atoms with E-state index in [2.05, 4.69) is 24.5 Å². The van der Waals surface area contributed by atoms with Crippen LogP contribution in [0.3, 0.4) is 0 Å². The third kappa shape index (κ3) is 10.0. The Bertz CT molecular complexity index is 275. The van der Waals surface area contributed by atoms with Crippen LogP contribution < -0.4 is 16.4 Å². The van der Waals surface area contributed by atoms with Crippen molar-refractivity contribution in [2.24, 2.45) is 17.6 Å². The van der Waals surface area contributed by atoms with Gasteiger partial charge >= 0.3 is 6.09 Å². The highest BCUT2D eigenvalue weighted by Crippen LogP contribution is 2.08. The van der Waals surface area contributed by atoms with E-state index in [1.54, 1.807) is 0 Å². The molecule has 0 aromatic heterocycles. The number of rotatable bonds is 8. The second-order valence-electron chi connectivity index (χ2n) is 6.78. The van der Waals surface area contributed by atoms with Gasteiger partial charge < -0.3 is 21.1 Å². The van der Waals surface area contributed by atoms with Crippen LogP contribution in [0.4, 0.5) is 4.79 Å². The topological polar surface area (TPSA) is 76.4 Å². The van der Waals surface area contributed by atoms with Crippen molar-refractivity contribution in [3.8, 4) is 0 Å². The number of carbonyl (C=O) groups is 1. The summed E-state index contributed by atoms with van der Waals surface area (Å²) >= 11 is 0. The summed E-state index contributed by atoms with van der Waals surface area (Å²) < 4.78 is 5.21. The number of amides is 1. The average Bonchev–Trinajstić information content (AvgIpc) is 2.25. The normalized spacial score (nSPS) is 15.0. The van der Waals surface area contributed by atoms with Crippen molar-refractivity contribution in [2.45, 2.75) is 59.6 Å². The molecule has 5 heteroatoms. The van der Waals surface area contributed by atoms with Crippen LogP contribution in [-0.2, 0) is 4.74 Å². The van der Waals surface area contributed by atoms with Crippen molar-refractivity contribution in [3.63, 3.8) is 0 Å². The average molecular weight is 287 g/mol. The maximum absolute atomic E-state index is 11.6. The minimum absolute atomic E-state index is 0.0905. The van der Waals surface area contributed by atoms with Crippen molar-refractivity contribution in [2.75, 3.05) is 19.6 Å². The summed E-state index contributed by atoms with van der Waals surface area (Å²) in [5.74, 6) is 1.09. The Morgan fingerprint density at radius 2 is 1.85 bits per heavy atom. The van der Waals surface area contributed by atoms with E-state index in [1.165, 1.54) is 0 Å². The molecule has 0 saturated heterocycles. The number of nitrogens with two attached hydrogens (primary N) is 1. The van der Waals surface area contributed by atoms with Crippen LogP contribution in [0.5, 0.6) is 0 Å². The number of hydrogen-bond acceptors (Lipinski definition) is 4. The number of ether oxygens (including phenoxy) is 1. The molecule has 20 heavy (non-hydrogen) atoms. The zero-order valence-electron chi connectivity index (χ0n) is 14.0. The minimum atomic E-state index is -0.451. The molecule has 0 heterocycles. The molecule has 2 unspecified atom stereocenters. The molecule has 0 spiro atoms. The van der Waals surface area contributed by atoms with Crippen molar-refractivity contribution < 1.29 is 9.53 Å². The minimum Gasteiger partial charge on any atom is -0.444 e. The monoisotopic (exact) mass is 287 g/mol. The number of hydrogen-bond donors (Lipinski definition) is 3. The molecule has 0 aliphatic heterocycles. The Morgan fingerprint density at radius 3 is 2.30 bits per heavy atom. The van der Waals surface area contributed by atoms with Gasteiger partial charge in [-0.05, 0) is 65.6 Å². The quantitative estimate of drug-likeness (QED) is 0.598. The zero-order chi connectivity index (χ0) is 15.8. The Hall–Kier alpha value is -0.810. The summed E-state index contributed by atoms with van der Waals surface area (Å²) in [7, 11) is 0. The fourth-order valence-electron chi connectivity index (χ4n) is 1.78. The SMILES string of the molecule is CC(CCNCC(CN)C(C)C)NC(=O)OC(C)(C)C. The predicted octanol–water partition coefficient (Wildman–Crippen LogP) is 2.11. The Morgan fingerprint density at radius 1 is 1.25 bits per heavy atom. The molecule has 0 radical (unpaired) electrons. The highest BCUT2D eigenvalue weighted by Gasteiger charge is 2.17. The van der Waals surface area contributed by atoms with E-state index in [-0.39, 0.29) is 12.1 Å². The van der Waals surface area contributed by atoms with E-state index in [0.717, 1.165) is 19.5 Å². The number of carbonyl (C=O) groups excluding carboxylic acids is 1.